The zero-order valence-corrected chi connectivity index (χ0v) is 20.9. The van der Waals surface area contributed by atoms with Gasteiger partial charge in [-0.15, -0.1) is 0 Å². The molecule has 1 amide bonds. The Morgan fingerprint density at radius 2 is 1.77 bits per heavy atom. The van der Waals surface area contributed by atoms with Gasteiger partial charge in [0.2, 0.25) is 5.91 Å². The molecule has 11 nitrogen and oxygen atoms in total. The van der Waals surface area contributed by atoms with E-state index in [9.17, 15) is 28.0 Å². The van der Waals surface area contributed by atoms with Crippen LogP contribution < -0.4 is 20.1 Å². The van der Waals surface area contributed by atoms with Crippen molar-refractivity contribution in [3.8, 4) is 17.9 Å². The Morgan fingerprint density at radius 1 is 1.05 bits per heavy atom. The maximum absolute atomic E-state index is 13.4. The number of alkyl halides is 3. The molecule has 0 aliphatic carbocycles. The first-order valence-electron chi connectivity index (χ1n) is 12.2. The van der Waals surface area contributed by atoms with Crippen LogP contribution in [0.4, 0.5) is 30.5 Å². The summed E-state index contributed by atoms with van der Waals surface area (Å²) in [5.74, 6) is 0.575. The van der Waals surface area contributed by atoms with Crippen LogP contribution in [0.25, 0.3) is 0 Å². The molecule has 1 saturated heterocycles. The Morgan fingerprint density at radius 3 is 2.42 bits per heavy atom. The van der Waals surface area contributed by atoms with Gasteiger partial charge in [0, 0.05) is 38.4 Å². The number of nitrogens with one attached hydrogen (secondary N) is 1. The average molecular weight is 551 g/mol. The van der Waals surface area contributed by atoms with E-state index in [1.807, 2.05) is 22.1 Å². The molecule has 0 spiro atoms. The first-order valence-corrected chi connectivity index (χ1v) is 12.2. The van der Waals surface area contributed by atoms with Gasteiger partial charge in [0.05, 0.1) is 35.8 Å². The largest absolute Gasteiger partial charge is 0.486 e. The Hall–Kier alpha value is -5.11. The number of hydrogen-bond donors (Lipinski definition) is 1. The predicted octanol–water partition coefficient (Wildman–Crippen LogP) is 2.57. The van der Waals surface area contributed by atoms with Crippen molar-refractivity contribution in [2.45, 2.75) is 18.7 Å². The van der Waals surface area contributed by atoms with Gasteiger partial charge in [0.25, 0.3) is 5.56 Å². The molecule has 0 bridgehead atoms. The zero-order valence-electron chi connectivity index (χ0n) is 20.9. The lowest BCUT2D eigenvalue weighted by Gasteiger charge is -2.38. The number of nitriles is 2. The predicted molar refractivity (Wildman–Crippen MR) is 135 cm³/mol. The van der Waals surface area contributed by atoms with Gasteiger partial charge in [0.15, 0.2) is 5.82 Å². The van der Waals surface area contributed by atoms with Crippen molar-refractivity contribution >= 4 is 23.2 Å². The minimum atomic E-state index is -4.90. The summed E-state index contributed by atoms with van der Waals surface area (Å²) in [7, 11) is 0. The van der Waals surface area contributed by atoms with E-state index < -0.39 is 23.4 Å². The lowest BCUT2D eigenvalue weighted by atomic mass is 10.1. The van der Waals surface area contributed by atoms with Crippen molar-refractivity contribution in [3.63, 3.8) is 0 Å². The van der Waals surface area contributed by atoms with Gasteiger partial charge in [-0.1, -0.05) is 0 Å². The molecule has 1 fully saturated rings. The maximum Gasteiger partial charge on any atom is 0.421 e. The summed E-state index contributed by atoms with van der Waals surface area (Å²) in [5, 5.41) is 24.0. The number of halogens is 3. The third-order valence-corrected chi connectivity index (χ3v) is 6.67. The van der Waals surface area contributed by atoms with Crippen LogP contribution in [-0.2, 0) is 11.0 Å². The number of aromatic amines is 1. The highest BCUT2D eigenvalue weighted by Gasteiger charge is 2.37. The fraction of sp³-hybridized carbons (Fsp3) is 0.308. The van der Waals surface area contributed by atoms with Crippen molar-refractivity contribution in [2.24, 2.45) is 0 Å². The van der Waals surface area contributed by atoms with Crippen LogP contribution >= 0.6 is 0 Å². The molecule has 14 heteroatoms. The number of nitrogens with zero attached hydrogens (tertiary/aromatic N) is 7. The minimum Gasteiger partial charge on any atom is -0.486 e. The van der Waals surface area contributed by atoms with Gasteiger partial charge in [-0.3, -0.25) is 9.59 Å². The number of piperazine rings is 1. The van der Waals surface area contributed by atoms with E-state index in [1.54, 1.807) is 17.0 Å². The van der Waals surface area contributed by atoms with E-state index in [0.29, 0.717) is 49.3 Å². The van der Waals surface area contributed by atoms with Crippen molar-refractivity contribution in [1.29, 1.82) is 10.5 Å². The summed E-state index contributed by atoms with van der Waals surface area (Å²) >= 11 is 0. The fourth-order valence-corrected chi connectivity index (χ4v) is 4.63. The summed E-state index contributed by atoms with van der Waals surface area (Å²) in [6.45, 7) is 1.87. The third-order valence-electron chi connectivity index (χ3n) is 6.67. The van der Waals surface area contributed by atoms with E-state index in [2.05, 4.69) is 10.1 Å². The number of benzene rings is 1. The van der Waals surface area contributed by atoms with Crippen LogP contribution in [0.15, 0.2) is 47.4 Å². The molecule has 2 aliphatic rings. The highest BCUT2D eigenvalue weighted by atomic mass is 19.4. The second kappa shape index (κ2) is 10.6. The number of anilines is 3. The van der Waals surface area contributed by atoms with Crippen LogP contribution in [0.2, 0.25) is 0 Å². The van der Waals surface area contributed by atoms with Gasteiger partial charge in [-0.05, 0) is 30.3 Å². The molecule has 40 heavy (non-hydrogen) atoms. The van der Waals surface area contributed by atoms with Crippen molar-refractivity contribution in [2.75, 3.05) is 42.5 Å². The second-order valence-electron chi connectivity index (χ2n) is 9.20. The zero-order chi connectivity index (χ0) is 28.4. The molecule has 5 rings (SSSR count). The molecule has 0 unspecified atom stereocenters. The van der Waals surface area contributed by atoms with Crippen LogP contribution in [0.1, 0.15) is 23.1 Å². The average Bonchev–Trinajstić information content (AvgIpc) is 2.96. The van der Waals surface area contributed by atoms with E-state index in [1.165, 1.54) is 29.3 Å². The lowest BCUT2D eigenvalue weighted by molar-refractivity contribution is -0.138. The van der Waals surface area contributed by atoms with E-state index in [-0.39, 0.29) is 36.0 Å². The quantitative estimate of drug-likeness (QED) is 0.519. The number of rotatable bonds is 4. The molecule has 1 atom stereocenters. The first kappa shape index (κ1) is 26.5. The Balaban J connectivity index is 1.32. The van der Waals surface area contributed by atoms with Crippen LogP contribution in [0, 0.1) is 22.7 Å². The second-order valence-corrected chi connectivity index (χ2v) is 9.20. The number of H-pyrrole nitrogens is 1. The molecule has 0 radical (unpaired) electrons. The highest BCUT2D eigenvalue weighted by Crippen LogP contribution is 2.39. The number of amides is 1. The minimum absolute atomic E-state index is 0.0426. The van der Waals surface area contributed by atoms with Gasteiger partial charge < -0.3 is 19.4 Å². The molecule has 1 N–H and O–H groups in total. The number of pyridine rings is 1. The summed E-state index contributed by atoms with van der Waals surface area (Å²) in [6, 6.07) is 12.5. The molecule has 4 heterocycles. The Bertz CT molecular complexity index is 1570. The van der Waals surface area contributed by atoms with Gasteiger partial charge in [0.1, 0.15) is 29.3 Å². The normalized spacial score (nSPS) is 16.9. The van der Waals surface area contributed by atoms with Gasteiger partial charge >= 0.3 is 6.18 Å². The summed E-state index contributed by atoms with van der Waals surface area (Å²) in [4.78, 5) is 34.3. The molecular weight excluding hydrogens is 529 g/mol. The number of carbonyl (C=O) groups is 1. The maximum atomic E-state index is 13.4. The Labute approximate surface area is 225 Å². The fourth-order valence-electron chi connectivity index (χ4n) is 4.63. The van der Waals surface area contributed by atoms with Gasteiger partial charge in [-0.2, -0.15) is 28.8 Å². The number of ether oxygens (including phenoxy) is 1. The molecule has 1 aromatic carbocycles. The number of fused-ring (bicyclic) bond motifs is 1. The summed E-state index contributed by atoms with van der Waals surface area (Å²) in [5.41, 5.74) is -1.80. The SMILES string of the molecule is N#Cc1ccc(N2CCN(C(=O)C[C@@H]3CN(c4cc(C(F)(F)F)c(=O)[nH]n4)c4cc(C#N)ccc4O3)CC2)nc1. The molecule has 204 valence electrons. The monoisotopic (exact) mass is 550 g/mol. The molecule has 0 saturated carbocycles. The third kappa shape index (κ3) is 5.37. The van der Waals surface area contributed by atoms with E-state index in [4.69, 9.17) is 10.00 Å². The van der Waals surface area contributed by atoms with E-state index in [0.717, 1.165) is 0 Å². The van der Waals surface area contributed by atoms with Crippen LogP contribution in [0.5, 0.6) is 5.75 Å². The van der Waals surface area contributed by atoms with Crippen molar-refractivity contribution in [1.82, 2.24) is 20.1 Å². The molecular formula is C26H21F3N8O3. The number of hydrogen-bond acceptors (Lipinski definition) is 9. The Kier molecular flexibility index (Phi) is 7.00. The number of aromatic nitrogens is 3. The molecule has 2 aromatic heterocycles. The first-order chi connectivity index (χ1) is 19.2. The highest BCUT2D eigenvalue weighted by molar-refractivity contribution is 5.78. The van der Waals surface area contributed by atoms with Gasteiger partial charge in [-0.25, -0.2) is 10.1 Å². The summed E-state index contributed by atoms with van der Waals surface area (Å²) in [6.07, 6.45) is -4.21. The van der Waals surface area contributed by atoms with Crippen LogP contribution in [0.3, 0.4) is 0 Å². The topological polar surface area (TPSA) is 142 Å². The standard InChI is InChI=1S/C26H21F3N8O3/c27-26(28,29)19-11-23(33-34-25(19)39)37-15-18(40-21-3-1-16(12-30)9-20(21)37)10-24(38)36-7-5-35(6-8-36)22-4-2-17(13-31)14-32-22/h1-4,9,11,14,18H,5-8,10,15H2,(H,34,39)/t18-/m1/s1. The summed E-state index contributed by atoms with van der Waals surface area (Å²) < 4.78 is 46.3. The smallest absolute Gasteiger partial charge is 0.421 e. The molecule has 2 aliphatic heterocycles. The number of carbonyl (C=O) groups excluding carboxylic acids is 1. The molecule has 3 aromatic rings. The lowest BCUT2D eigenvalue weighted by Crippen LogP contribution is -2.50. The van der Waals surface area contributed by atoms with Crippen molar-refractivity contribution < 1.29 is 22.7 Å². The van der Waals surface area contributed by atoms with E-state index >= 15 is 0 Å². The van der Waals surface area contributed by atoms with Crippen LogP contribution in [-0.4, -0.2) is 64.8 Å². The van der Waals surface area contributed by atoms with Crippen molar-refractivity contribution in [3.05, 3.63) is 69.6 Å².